The number of nitrogens with zero attached hydrogens (tertiary/aromatic N) is 2. The summed E-state index contributed by atoms with van der Waals surface area (Å²) in [5.74, 6) is -0.0936. The zero-order valence-electron chi connectivity index (χ0n) is 11.8. The van der Waals surface area contributed by atoms with E-state index in [1.54, 1.807) is 35.8 Å². The average molecular weight is 316 g/mol. The van der Waals surface area contributed by atoms with Crippen LogP contribution in [0.15, 0.2) is 48.5 Å². The Morgan fingerprint density at radius 1 is 1.23 bits per heavy atom. The Morgan fingerprint density at radius 2 is 1.91 bits per heavy atom. The minimum absolute atomic E-state index is 0.279. The Bertz CT molecular complexity index is 842. The molecule has 2 N–H and O–H groups in total. The Balaban J connectivity index is 2.02. The molecule has 1 atom stereocenters. The molecule has 0 aliphatic carbocycles. The van der Waals surface area contributed by atoms with Crippen LogP contribution in [0.5, 0.6) is 0 Å². The summed E-state index contributed by atoms with van der Waals surface area (Å²) in [5, 5.41) is 13.0. The summed E-state index contributed by atoms with van der Waals surface area (Å²) in [6, 6.07) is 14.1. The Kier molecular flexibility index (Phi) is 3.83. The number of hydrogen-bond acceptors (Lipinski definition) is 3. The van der Waals surface area contributed by atoms with Gasteiger partial charge in [-0.3, -0.25) is 14.7 Å². The fourth-order valence-corrected chi connectivity index (χ4v) is 2.55. The number of hydrogen-bond donors (Lipinski definition) is 2. The molecule has 6 heteroatoms. The zero-order chi connectivity index (χ0) is 15.7. The highest BCUT2D eigenvalue weighted by Gasteiger charge is 2.17. The van der Waals surface area contributed by atoms with Crippen molar-refractivity contribution < 1.29 is 9.90 Å². The van der Waals surface area contributed by atoms with Crippen molar-refractivity contribution in [3.05, 3.63) is 59.1 Å². The average Bonchev–Trinajstić information content (AvgIpc) is 2.85. The molecule has 1 amide bonds. The van der Waals surface area contributed by atoms with E-state index in [-0.39, 0.29) is 11.9 Å². The van der Waals surface area contributed by atoms with E-state index in [0.29, 0.717) is 16.1 Å². The second-order valence-electron chi connectivity index (χ2n) is 4.86. The van der Waals surface area contributed by atoms with Crippen molar-refractivity contribution in [2.45, 2.75) is 13.2 Å². The SMILES string of the molecule is CC(O)n1c(NC(=O)c2ccccc2Cl)nc2ccccc21. The van der Waals surface area contributed by atoms with Gasteiger partial charge in [-0.1, -0.05) is 35.9 Å². The van der Waals surface area contributed by atoms with Gasteiger partial charge in [0.15, 0.2) is 0 Å². The molecule has 0 radical (unpaired) electrons. The highest BCUT2D eigenvalue weighted by atomic mass is 35.5. The van der Waals surface area contributed by atoms with Crippen molar-refractivity contribution in [1.29, 1.82) is 0 Å². The molecular formula is C16H14ClN3O2. The van der Waals surface area contributed by atoms with Gasteiger partial charge in [0.05, 0.1) is 21.6 Å². The predicted octanol–water partition coefficient (Wildman–Crippen LogP) is 3.45. The van der Waals surface area contributed by atoms with Crippen molar-refractivity contribution in [2.75, 3.05) is 5.32 Å². The molecule has 112 valence electrons. The van der Waals surface area contributed by atoms with Crippen LogP contribution >= 0.6 is 11.6 Å². The zero-order valence-corrected chi connectivity index (χ0v) is 12.6. The quantitative estimate of drug-likeness (QED) is 0.778. The lowest BCUT2D eigenvalue weighted by Crippen LogP contribution is -2.17. The van der Waals surface area contributed by atoms with E-state index in [1.165, 1.54) is 0 Å². The maximum absolute atomic E-state index is 12.4. The van der Waals surface area contributed by atoms with Gasteiger partial charge in [0.2, 0.25) is 5.95 Å². The number of fused-ring (bicyclic) bond motifs is 1. The van der Waals surface area contributed by atoms with Gasteiger partial charge in [0, 0.05) is 0 Å². The number of amides is 1. The molecule has 1 heterocycles. The molecule has 0 saturated heterocycles. The topological polar surface area (TPSA) is 67.2 Å². The fourth-order valence-electron chi connectivity index (χ4n) is 2.33. The van der Waals surface area contributed by atoms with E-state index in [0.717, 1.165) is 5.52 Å². The number of benzene rings is 2. The number of halogens is 1. The van der Waals surface area contributed by atoms with Crippen LogP contribution in [-0.2, 0) is 0 Å². The number of aliphatic hydroxyl groups excluding tert-OH is 1. The van der Waals surface area contributed by atoms with E-state index < -0.39 is 6.23 Å². The molecule has 0 bridgehead atoms. The summed E-state index contributed by atoms with van der Waals surface area (Å²) in [7, 11) is 0. The number of para-hydroxylation sites is 2. The van der Waals surface area contributed by atoms with Gasteiger partial charge in [-0.05, 0) is 31.2 Å². The third-order valence-electron chi connectivity index (χ3n) is 3.31. The third-order valence-corrected chi connectivity index (χ3v) is 3.64. The van der Waals surface area contributed by atoms with Crippen molar-refractivity contribution in [3.8, 4) is 0 Å². The van der Waals surface area contributed by atoms with E-state index >= 15 is 0 Å². The van der Waals surface area contributed by atoms with Crippen LogP contribution in [0.1, 0.15) is 23.5 Å². The molecule has 0 aliphatic heterocycles. The lowest BCUT2D eigenvalue weighted by atomic mass is 10.2. The molecule has 2 aromatic carbocycles. The normalized spacial score (nSPS) is 12.3. The molecule has 1 unspecified atom stereocenters. The lowest BCUT2D eigenvalue weighted by Gasteiger charge is -2.12. The molecule has 22 heavy (non-hydrogen) atoms. The van der Waals surface area contributed by atoms with Gasteiger partial charge in [0.1, 0.15) is 6.23 Å². The summed E-state index contributed by atoms with van der Waals surface area (Å²) >= 11 is 6.03. The van der Waals surface area contributed by atoms with E-state index in [2.05, 4.69) is 10.3 Å². The van der Waals surface area contributed by atoms with Crippen molar-refractivity contribution in [3.63, 3.8) is 0 Å². The molecular weight excluding hydrogens is 302 g/mol. The predicted molar refractivity (Wildman–Crippen MR) is 86.1 cm³/mol. The summed E-state index contributed by atoms with van der Waals surface area (Å²) < 4.78 is 1.56. The first kappa shape index (κ1) is 14.6. The lowest BCUT2D eigenvalue weighted by molar-refractivity contribution is 0.102. The van der Waals surface area contributed by atoms with Gasteiger partial charge in [0.25, 0.3) is 5.91 Å². The van der Waals surface area contributed by atoms with Crippen molar-refractivity contribution >= 4 is 34.5 Å². The van der Waals surface area contributed by atoms with Gasteiger partial charge in [-0.2, -0.15) is 0 Å². The van der Waals surface area contributed by atoms with Gasteiger partial charge in [-0.25, -0.2) is 4.98 Å². The summed E-state index contributed by atoms with van der Waals surface area (Å²) in [5.41, 5.74) is 1.79. The second-order valence-corrected chi connectivity index (χ2v) is 5.27. The Morgan fingerprint density at radius 3 is 2.64 bits per heavy atom. The smallest absolute Gasteiger partial charge is 0.259 e. The molecule has 0 spiro atoms. The highest BCUT2D eigenvalue weighted by Crippen LogP contribution is 2.24. The van der Waals surface area contributed by atoms with E-state index in [4.69, 9.17) is 11.6 Å². The second kappa shape index (κ2) is 5.79. The van der Waals surface area contributed by atoms with Crippen LogP contribution in [0, 0.1) is 0 Å². The fraction of sp³-hybridized carbons (Fsp3) is 0.125. The molecule has 1 aromatic heterocycles. The van der Waals surface area contributed by atoms with Crippen molar-refractivity contribution in [1.82, 2.24) is 9.55 Å². The maximum Gasteiger partial charge on any atom is 0.259 e. The van der Waals surface area contributed by atoms with Gasteiger partial charge < -0.3 is 5.11 Å². The van der Waals surface area contributed by atoms with Crippen LogP contribution in [0.3, 0.4) is 0 Å². The van der Waals surface area contributed by atoms with Crippen LogP contribution < -0.4 is 5.32 Å². The number of carbonyl (C=O) groups excluding carboxylic acids is 1. The Hall–Kier alpha value is -2.37. The summed E-state index contributed by atoms with van der Waals surface area (Å²) in [4.78, 5) is 16.7. The monoisotopic (exact) mass is 315 g/mol. The largest absolute Gasteiger partial charge is 0.373 e. The number of anilines is 1. The molecule has 0 saturated carbocycles. The molecule has 3 aromatic rings. The number of nitrogens with one attached hydrogen (secondary N) is 1. The minimum atomic E-state index is -0.825. The molecule has 3 rings (SSSR count). The molecule has 0 aliphatic rings. The standard InChI is InChI=1S/C16H14ClN3O2/c1-10(21)20-14-9-5-4-8-13(14)18-16(20)19-15(22)11-6-2-3-7-12(11)17/h2-10,21H,1H3,(H,18,19,22). The maximum atomic E-state index is 12.4. The number of aliphatic hydroxyl groups is 1. The van der Waals surface area contributed by atoms with Crippen LogP contribution in [-0.4, -0.2) is 20.6 Å². The Labute approximate surface area is 132 Å². The first-order valence-corrected chi connectivity index (χ1v) is 7.16. The number of imidazole rings is 1. The van der Waals surface area contributed by atoms with Gasteiger partial charge >= 0.3 is 0 Å². The third kappa shape index (κ3) is 2.56. The number of rotatable bonds is 3. The van der Waals surface area contributed by atoms with E-state index in [1.807, 2.05) is 24.3 Å². The van der Waals surface area contributed by atoms with Crippen LogP contribution in [0.4, 0.5) is 5.95 Å². The van der Waals surface area contributed by atoms with E-state index in [9.17, 15) is 9.90 Å². The van der Waals surface area contributed by atoms with Crippen LogP contribution in [0.25, 0.3) is 11.0 Å². The first-order chi connectivity index (χ1) is 10.6. The van der Waals surface area contributed by atoms with Crippen molar-refractivity contribution in [2.24, 2.45) is 0 Å². The summed E-state index contributed by atoms with van der Waals surface area (Å²) in [6.07, 6.45) is -0.825. The highest BCUT2D eigenvalue weighted by molar-refractivity contribution is 6.34. The minimum Gasteiger partial charge on any atom is -0.373 e. The molecule has 5 nitrogen and oxygen atoms in total. The summed E-state index contributed by atoms with van der Waals surface area (Å²) in [6.45, 7) is 1.61. The number of carbonyl (C=O) groups is 1. The van der Waals surface area contributed by atoms with Gasteiger partial charge in [-0.15, -0.1) is 0 Å². The first-order valence-electron chi connectivity index (χ1n) is 6.79. The molecule has 0 fully saturated rings. The number of aromatic nitrogens is 2. The van der Waals surface area contributed by atoms with Crippen LogP contribution in [0.2, 0.25) is 5.02 Å².